The van der Waals surface area contributed by atoms with Crippen molar-refractivity contribution in [1.29, 1.82) is 0 Å². The minimum absolute atomic E-state index is 0.298. The van der Waals surface area contributed by atoms with E-state index in [0.29, 0.717) is 18.0 Å². The Labute approximate surface area is 169 Å². The maximum atomic E-state index is 12.6. The predicted octanol–water partition coefficient (Wildman–Crippen LogP) is 2.09. The molecular formula is C20H33N3O4S. The molecule has 28 heavy (non-hydrogen) atoms. The lowest BCUT2D eigenvalue weighted by Crippen LogP contribution is -2.48. The first-order valence-electron chi connectivity index (χ1n) is 9.86. The number of nitrogens with zero attached hydrogens (tertiary/aromatic N) is 2. The second-order valence-electron chi connectivity index (χ2n) is 7.60. The molecule has 1 aromatic carbocycles. The molecule has 1 fully saturated rings. The number of hydrogen-bond acceptors (Lipinski definition) is 5. The fourth-order valence-corrected chi connectivity index (χ4v) is 4.66. The number of methoxy groups -OCH3 is 1. The van der Waals surface area contributed by atoms with Gasteiger partial charge in [-0.3, -0.25) is 9.10 Å². The zero-order chi connectivity index (χ0) is 20.7. The van der Waals surface area contributed by atoms with E-state index in [1.54, 1.807) is 38.3 Å². The summed E-state index contributed by atoms with van der Waals surface area (Å²) in [4.78, 5) is 15.0. The van der Waals surface area contributed by atoms with Crippen LogP contribution in [-0.2, 0) is 14.8 Å². The van der Waals surface area contributed by atoms with E-state index in [2.05, 4.69) is 17.1 Å². The van der Waals surface area contributed by atoms with Gasteiger partial charge < -0.3 is 15.0 Å². The van der Waals surface area contributed by atoms with E-state index < -0.39 is 16.1 Å². The molecule has 8 heteroatoms. The molecule has 0 saturated carbocycles. The number of ether oxygens (including phenoxy) is 1. The van der Waals surface area contributed by atoms with E-state index in [-0.39, 0.29) is 5.91 Å². The van der Waals surface area contributed by atoms with Crippen LogP contribution in [0.3, 0.4) is 0 Å². The molecule has 1 amide bonds. The molecule has 0 aromatic heterocycles. The van der Waals surface area contributed by atoms with Crippen LogP contribution in [0, 0.1) is 5.92 Å². The Balaban J connectivity index is 1.90. The van der Waals surface area contributed by atoms with E-state index in [1.807, 2.05) is 0 Å². The highest BCUT2D eigenvalue weighted by Gasteiger charge is 2.29. The maximum absolute atomic E-state index is 12.6. The van der Waals surface area contributed by atoms with Crippen LogP contribution < -0.4 is 14.4 Å². The number of carbonyl (C=O) groups is 1. The average molecular weight is 412 g/mol. The fourth-order valence-electron chi connectivity index (χ4n) is 3.49. The Morgan fingerprint density at radius 2 is 1.89 bits per heavy atom. The van der Waals surface area contributed by atoms with Crippen LogP contribution in [0.1, 0.15) is 33.1 Å². The lowest BCUT2D eigenvalue weighted by atomic mass is 9.99. The van der Waals surface area contributed by atoms with Gasteiger partial charge in [0.25, 0.3) is 0 Å². The highest BCUT2D eigenvalue weighted by Crippen LogP contribution is 2.23. The van der Waals surface area contributed by atoms with Gasteiger partial charge in [0, 0.05) is 6.54 Å². The second-order valence-corrected chi connectivity index (χ2v) is 9.46. The third-order valence-electron chi connectivity index (χ3n) is 5.24. The number of nitrogens with one attached hydrogen (secondary N) is 1. The van der Waals surface area contributed by atoms with Crippen molar-refractivity contribution in [1.82, 2.24) is 10.2 Å². The zero-order valence-corrected chi connectivity index (χ0v) is 18.2. The Morgan fingerprint density at radius 3 is 2.43 bits per heavy atom. The van der Waals surface area contributed by atoms with Crippen LogP contribution in [0.4, 0.5) is 5.69 Å². The van der Waals surface area contributed by atoms with Gasteiger partial charge in [-0.1, -0.05) is 6.92 Å². The third-order valence-corrected chi connectivity index (χ3v) is 6.48. The first-order valence-corrected chi connectivity index (χ1v) is 11.7. The summed E-state index contributed by atoms with van der Waals surface area (Å²) >= 11 is 0. The number of carbonyl (C=O) groups excluding carboxylic acids is 1. The van der Waals surface area contributed by atoms with Crippen molar-refractivity contribution in [3.05, 3.63) is 24.3 Å². The molecule has 0 spiro atoms. The molecule has 1 aliphatic heterocycles. The summed E-state index contributed by atoms with van der Waals surface area (Å²) in [7, 11) is -2.07. The zero-order valence-electron chi connectivity index (χ0n) is 17.3. The van der Waals surface area contributed by atoms with Crippen LogP contribution >= 0.6 is 0 Å². The predicted molar refractivity (Wildman–Crippen MR) is 112 cm³/mol. The van der Waals surface area contributed by atoms with Crippen molar-refractivity contribution in [2.45, 2.75) is 39.2 Å². The molecule has 1 saturated heterocycles. The van der Waals surface area contributed by atoms with Gasteiger partial charge in [-0.25, -0.2) is 8.42 Å². The highest BCUT2D eigenvalue weighted by atomic mass is 32.2. The monoisotopic (exact) mass is 411 g/mol. The van der Waals surface area contributed by atoms with Crippen molar-refractivity contribution < 1.29 is 17.9 Å². The molecule has 1 heterocycles. The molecule has 1 aliphatic rings. The largest absolute Gasteiger partial charge is 0.497 e. The normalized spacial score (nSPS) is 17.1. The number of hydrogen-bond donors (Lipinski definition) is 1. The molecule has 0 aliphatic carbocycles. The van der Waals surface area contributed by atoms with Gasteiger partial charge in [0.2, 0.25) is 15.9 Å². The van der Waals surface area contributed by atoms with Crippen molar-refractivity contribution in [3.8, 4) is 5.75 Å². The Bertz CT molecular complexity index is 728. The van der Waals surface area contributed by atoms with Crippen LogP contribution in [-0.4, -0.2) is 64.8 Å². The Kier molecular flexibility index (Phi) is 8.12. The van der Waals surface area contributed by atoms with E-state index in [0.717, 1.165) is 42.5 Å². The average Bonchev–Trinajstić information content (AvgIpc) is 2.66. The van der Waals surface area contributed by atoms with E-state index in [9.17, 15) is 13.2 Å². The Morgan fingerprint density at radius 1 is 1.29 bits per heavy atom. The summed E-state index contributed by atoms with van der Waals surface area (Å²) in [6.07, 6.45) is 4.43. The Hall–Kier alpha value is -1.80. The van der Waals surface area contributed by atoms with Crippen molar-refractivity contribution >= 4 is 21.6 Å². The lowest BCUT2D eigenvalue weighted by molar-refractivity contribution is -0.121. The van der Waals surface area contributed by atoms with E-state index in [1.165, 1.54) is 12.8 Å². The van der Waals surface area contributed by atoms with Gasteiger partial charge in [-0.15, -0.1) is 0 Å². The minimum atomic E-state index is -3.61. The molecule has 1 aromatic rings. The highest BCUT2D eigenvalue weighted by molar-refractivity contribution is 7.92. The number of rotatable bonds is 9. The van der Waals surface area contributed by atoms with Gasteiger partial charge >= 0.3 is 0 Å². The summed E-state index contributed by atoms with van der Waals surface area (Å²) in [6.45, 7) is 7.61. The van der Waals surface area contributed by atoms with Crippen LogP contribution in [0.15, 0.2) is 24.3 Å². The summed E-state index contributed by atoms with van der Waals surface area (Å²) < 4.78 is 30.9. The topological polar surface area (TPSA) is 79.0 Å². The maximum Gasteiger partial charge on any atom is 0.243 e. The number of sulfonamides is 1. The fraction of sp³-hybridized carbons (Fsp3) is 0.650. The van der Waals surface area contributed by atoms with Crippen LogP contribution in [0.25, 0.3) is 0 Å². The summed E-state index contributed by atoms with van der Waals surface area (Å²) in [5.41, 5.74) is 0.438. The summed E-state index contributed by atoms with van der Waals surface area (Å²) in [5.74, 6) is 1.13. The molecule has 158 valence electrons. The molecule has 2 rings (SSSR count). The van der Waals surface area contributed by atoms with Gasteiger partial charge in [0.05, 0.1) is 19.1 Å². The quantitative estimate of drug-likeness (QED) is 0.630. The first kappa shape index (κ1) is 22.5. The molecule has 1 atom stereocenters. The smallest absolute Gasteiger partial charge is 0.243 e. The van der Waals surface area contributed by atoms with Crippen LogP contribution in [0.2, 0.25) is 0 Å². The minimum Gasteiger partial charge on any atom is -0.497 e. The third kappa shape index (κ3) is 6.38. The van der Waals surface area contributed by atoms with Crippen molar-refractivity contribution in [2.24, 2.45) is 5.92 Å². The molecule has 0 radical (unpaired) electrons. The molecule has 1 N–H and O–H groups in total. The van der Waals surface area contributed by atoms with Crippen molar-refractivity contribution in [3.63, 3.8) is 0 Å². The van der Waals surface area contributed by atoms with Gasteiger partial charge in [-0.05, 0) is 76.0 Å². The summed E-state index contributed by atoms with van der Waals surface area (Å²) in [6, 6.07) is 5.80. The number of benzene rings is 1. The number of anilines is 1. The SMILES string of the molecule is COc1ccc(N([C@H](C)C(=O)NCCCN2CCC(C)CC2)S(C)(=O)=O)cc1. The number of amides is 1. The van der Waals surface area contributed by atoms with E-state index in [4.69, 9.17) is 4.74 Å². The lowest BCUT2D eigenvalue weighted by Gasteiger charge is -2.30. The second kappa shape index (κ2) is 10.1. The van der Waals surface area contributed by atoms with Crippen molar-refractivity contribution in [2.75, 3.05) is 43.8 Å². The molecule has 0 bridgehead atoms. The van der Waals surface area contributed by atoms with E-state index >= 15 is 0 Å². The first-order chi connectivity index (χ1) is 13.2. The number of likely N-dealkylation sites (tertiary alicyclic amines) is 1. The molecule has 0 unspecified atom stereocenters. The standard InChI is InChI=1S/C20H33N3O4S/c1-16-10-14-22(15-11-16)13-5-12-21-20(24)17(2)23(28(4,25)26)18-6-8-19(27-3)9-7-18/h6-9,16-17H,5,10-15H2,1-4H3,(H,21,24)/t17-/m1/s1. The number of piperidine rings is 1. The summed E-state index contributed by atoms with van der Waals surface area (Å²) in [5, 5.41) is 2.88. The molecule has 7 nitrogen and oxygen atoms in total. The molecular weight excluding hydrogens is 378 g/mol. The van der Waals surface area contributed by atoms with Gasteiger partial charge in [0.1, 0.15) is 11.8 Å². The van der Waals surface area contributed by atoms with Gasteiger partial charge in [-0.2, -0.15) is 0 Å². The van der Waals surface area contributed by atoms with Gasteiger partial charge in [0.15, 0.2) is 0 Å². The van der Waals surface area contributed by atoms with Crippen LogP contribution in [0.5, 0.6) is 5.75 Å².